The van der Waals surface area contributed by atoms with Crippen molar-refractivity contribution in [1.29, 1.82) is 0 Å². The molecule has 0 radical (unpaired) electrons. The summed E-state index contributed by atoms with van der Waals surface area (Å²) in [5, 5.41) is 0. The molecule has 0 saturated heterocycles. The molecule has 0 spiro atoms. The molecule has 3 aromatic carbocycles. The van der Waals surface area contributed by atoms with Crippen LogP contribution in [-0.4, -0.2) is 30.7 Å². The Hall–Kier alpha value is -4.19. The van der Waals surface area contributed by atoms with Gasteiger partial charge in [0, 0.05) is 29.3 Å². The molecule has 0 bridgehead atoms. The van der Waals surface area contributed by atoms with E-state index in [0.717, 1.165) is 33.9 Å². The number of methoxy groups -OCH3 is 1. The maximum atomic E-state index is 13.8. The number of allylic oxidation sites excluding steroid dienone is 2. The number of ketones is 1. The van der Waals surface area contributed by atoms with Gasteiger partial charge in [0.1, 0.15) is 24.0 Å². The minimum atomic E-state index is -0.668. The number of nitrogens with zero attached hydrogens (tertiary/aromatic N) is 1. The van der Waals surface area contributed by atoms with E-state index < -0.39 is 11.8 Å². The molecule has 5 rings (SSSR count). The Morgan fingerprint density at radius 2 is 1.55 bits per heavy atom. The van der Waals surface area contributed by atoms with Crippen molar-refractivity contribution >= 4 is 17.5 Å². The summed E-state index contributed by atoms with van der Waals surface area (Å²) in [6, 6.07) is 25.5. The van der Waals surface area contributed by atoms with Crippen LogP contribution in [0, 0.1) is 5.92 Å². The molecule has 3 atom stereocenters. The van der Waals surface area contributed by atoms with Crippen LogP contribution in [0.25, 0.3) is 0 Å². The minimum Gasteiger partial charge on any atom is -0.497 e. The standard InChI is InChI=1S/C34H35NO5/c1-21(2)40-34(37)31-22(3)35-29-18-26(24-10-14-27(38-4)15-11-24)19-30(36)33(29)32(31)25-12-16-28(17-13-25)39-20-23-8-6-5-7-9-23/h5-17,21,26,31-32H,18-20H2,1-4H3/t26-,31?,32+/m1/s1. The van der Waals surface area contributed by atoms with Crippen molar-refractivity contribution in [2.75, 3.05) is 7.11 Å². The number of carbonyl (C=O) groups excluding carboxylic acids is 2. The van der Waals surface area contributed by atoms with Crippen LogP contribution in [0.1, 0.15) is 62.1 Å². The van der Waals surface area contributed by atoms with Gasteiger partial charge in [-0.15, -0.1) is 0 Å². The average Bonchev–Trinajstić information content (AvgIpc) is 2.95. The van der Waals surface area contributed by atoms with Crippen molar-refractivity contribution in [1.82, 2.24) is 0 Å². The molecule has 40 heavy (non-hydrogen) atoms. The molecule has 0 fully saturated rings. The van der Waals surface area contributed by atoms with Gasteiger partial charge in [-0.1, -0.05) is 54.6 Å². The lowest BCUT2D eigenvalue weighted by atomic mass is 9.69. The lowest BCUT2D eigenvalue weighted by Crippen LogP contribution is -2.38. The summed E-state index contributed by atoms with van der Waals surface area (Å²) in [5.41, 5.74) is 5.08. The van der Waals surface area contributed by atoms with Crippen LogP contribution in [-0.2, 0) is 20.9 Å². The van der Waals surface area contributed by atoms with E-state index in [9.17, 15) is 9.59 Å². The Kier molecular flexibility index (Phi) is 8.15. The summed E-state index contributed by atoms with van der Waals surface area (Å²) in [4.78, 5) is 32.1. The first-order chi connectivity index (χ1) is 19.3. The maximum absolute atomic E-state index is 13.8. The Labute approximate surface area is 235 Å². The first-order valence-corrected chi connectivity index (χ1v) is 13.8. The van der Waals surface area contributed by atoms with Crippen LogP contribution in [0.2, 0.25) is 0 Å². The summed E-state index contributed by atoms with van der Waals surface area (Å²) < 4.78 is 16.9. The van der Waals surface area contributed by atoms with Crippen molar-refractivity contribution in [3.05, 3.63) is 107 Å². The third kappa shape index (κ3) is 5.86. The van der Waals surface area contributed by atoms with Gasteiger partial charge >= 0.3 is 5.97 Å². The quantitative estimate of drug-likeness (QED) is 0.296. The minimum absolute atomic E-state index is 0.0160. The van der Waals surface area contributed by atoms with Gasteiger partial charge in [-0.25, -0.2) is 0 Å². The molecule has 0 N–H and O–H groups in total. The molecule has 1 aliphatic carbocycles. The molecule has 6 heteroatoms. The molecule has 3 aromatic rings. The number of rotatable bonds is 8. The van der Waals surface area contributed by atoms with E-state index in [0.29, 0.717) is 30.7 Å². The molecule has 0 saturated carbocycles. The highest BCUT2D eigenvalue weighted by molar-refractivity contribution is 6.09. The predicted molar refractivity (Wildman–Crippen MR) is 155 cm³/mol. The third-order valence-electron chi connectivity index (χ3n) is 7.57. The highest BCUT2D eigenvalue weighted by atomic mass is 16.5. The molecule has 206 valence electrons. The van der Waals surface area contributed by atoms with Gasteiger partial charge < -0.3 is 14.2 Å². The molecule has 6 nitrogen and oxygen atoms in total. The van der Waals surface area contributed by atoms with Crippen molar-refractivity contribution in [3.8, 4) is 11.5 Å². The summed E-state index contributed by atoms with van der Waals surface area (Å²) in [6.45, 7) is 5.98. The molecule has 1 aliphatic heterocycles. The zero-order chi connectivity index (χ0) is 28.2. The summed E-state index contributed by atoms with van der Waals surface area (Å²) >= 11 is 0. The maximum Gasteiger partial charge on any atom is 0.315 e. The van der Waals surface area contributed by atoms with E-state index >= 15 is 0 Å². The monoisotopic (exact) mass is 537 g/mol. The fraction of sp³-hybridized carbons (Fsp3) is 0.324. The van der Waals surface area contributed by atoms with Gasteiger partial charge in [-0.05, 0) is 74.1 Å². The zero-order valence-corrected chi connectivity index (χ0v) is 23.4. The predicted octanol–water partition coefficient (Wildman–Crippen LogP) is 6.80. The number of hydrogen-bond donors (Lipinski definition) is 0. The average molecular weight is 538 g/mol. The van der Waals surface area contributed by atoms with Crippen molar-refractivity contribution < 1.29 is 23.8 Å². The second-order valence-corrected chi connectivity index (χ2v) is 10.7. The first kappa shape index (κ1) is 27.4. The number of benzene rings is 3. The normalized spacial score (nSPS) is 20.6. The lowest BCUT2D eigenvalue weighted by molar-refractivity contribution is -0.150. The molecular formula is C34H35NO5. The number of carbonyl (C=O) groups is 2. The fourth-order valence-corrected chi connectivity index (χ4v) is 5.65. The van der Waals surface area contributed by atoms with E-state index in [1.807, 2.05) is 99.6 Å². The molecular weight excluding hydrogens is 502 g/mol. The third-order valence-corrected chi connectivity index (χ3v) is 7.57. The van der Waals surface area contributed by atoms with E-state index in [-0.39, 0.29) is 23.8 Å². The number of aliphatic imine (C=N–C) groups is 1. The van der Waals surface area contributed by atoms with E-state index in [1.54, 1.807) is 7.11 Å². The van der Waals surface area contributed by atoms with E-state index in [4.69, 9.17) is 19.2 Å². The van der Waals surface area contributed by atoms with E-state index in [1.165, 1.54) is 0 Å². The highest BCUT2D eigenvalue weighted by Gasteiger charge is 2.45. The summed E-state index contributed by atoms with van der Waals surface area (Å²) in [7, 11) is 1.64. The Morgan fingerprint density at radius 3 is 2.20 bits per heavy atom. The largest absolute Gasteiger partial charge is 0.497 e. The van der Waals surface area contributed by atoms with Gasteiger partial charge in [0.15, 0.2) is 5.78 Å². The summed E-state index contributed by atoms with van der Waals surface area (Å²) in [5.74, 6) is 0.0449. The molecule has 1 heterocycles. The second kappa shape index (κ2) is 11.9. The van der Waals surface area contributed by atoms with Gasteiger partial charge in [0.05, 0.1) is 13.2 Å². The smallest absolute Gasteiger partial charge is 0.315 e. The number of esters is 1. The Balaban J connectivity index is 1.47. The molecule has 0 amide bonds. The van der Waals surface area contributed by atoms with Gasteiger partial charge in [-0.3, -0.25) is 14.6 Å². The topological polar surface area (TPSA) is 74.2 Å². The van der Waals surface area contributed by atoms with Crippen LogP contribution in [0.5, 0.6) is 11.5 Å². The summed E-state index contributed by atoms with van der Waals surface area (Å²) in [6.07, 6.45) is 0.720. The van der Waals surface area contributed by atoms with Crippen LogP contribution in [0.4, 0.5) is 0 Å². The highest BCUT2D eigenvalue weighted by Crippen LogP contribution is 2.47. The Morgan fingerprint density at radius 1 is 0.900 bits per heavy atom. The van der Waals surface area contributed by atoms with Crippen LogP contribution < -0.4 is 9.47 Å². The first-order valence-electron chi connectivity index (χ1n) is 13.8. The number of ether oxygens (including phenoxy) is 3. The van der Waals surface area contributed by atoms with Crippen LogP contribution in [0.3, 0.4) is 0 Å². The number of hydrogen-bond acceptors (Lipinski definition) is 6. The van der Waals surface area contributed by atoms with Crippen LogP contribution in [0.15, 0.2) is 95.1 Å². The SMILES string of the molecule is COc1ccc([C@H]2CC(=O)C3=C(C2)N=C(C)C(C(=O)OC(C)C)[C@@H]3c2ccc(OCc3ccccc3)cc2)cc1. The second-order valence-electron chi connectivity index (χ2n) is 10.7. The molecule has 2 aliphatic rings. The molecule has 0 aromatic heterocycles. The van der Waals surface area contributed by atoms with Gasteiger partial charge in [-0.2, -0.15) is 0 Å². The molecule has 1 unspecified atom stereocenters. The van der Waals surface area contributed by atoms with Crippen molar-refractivity contribution in [2.24, 2.45) is 10.9 Å². The fourth-order valence-electron chi connectivity index (χ4n) is 5.65. The zero-order valence-electron chi connectivity index (χ0n) is 23.4. The number of Topliss-reactive ketones (excluding diaryl/α,β-unsaturated/α-hetero) is 1. The lowest BCUT2D eigenvalue weighted by Gasteiger charge is -2.36. The van der Waals surface area contributed by atoms with Crippen molar-refractivity contribution in [3.63, 3.8) is 0 Å². The van der Waals surface area contributed by atoms with Crippen LogP contribution >= 0.6 is 0 Å². The van der Waals surface area contributed by atoms with Gasteiger partial charge in [0.2, 0.25) is 0 Å². The van der Waals surface area contributed by atoms with E-state index in [2.05, 4.69) is 0 Å². The Bertz CT molecular complexity index is 1420. The van der Waals surface area contributed by atoms with Crippen molar-refractivity contribution in [2.45, 2.75) is 58.2 Å². The van der Waals surface area contributed by atoms with Gasteiger partial charge in [0.25, 0.3) is 0 Å².